The first-order chi connectivity index (χ1) is 28.8. The summed E-state index contributed by atoms with van der Waals surface area (Å²) in [5, 5.41) is 39.9. The number of carbonyl (C=O) groups is 6. The van der Waals surface area contributed by atoms with Gasteiger partial charge in [0.1, 0.15) is 23.9 Å². The molecule has 15 heteroatoms. The van der Waals surface area contributed by atoms with E-state index in [9.17, 15) is 39.3 Å². The molecule has 15 nitrogen and oxygen atoms in total. The average Bonchev–Trinajstić information content (AvgIpc) is 3.23. The van der Waals surface area contributed by atoms with Crippen molar-refractivity contribution < 1.29 is 67.8 Å². The van der Waals surface area contributed by atoms with Gasteiger partial charge < -0.3 is 44.3 Å². The van der Waals surface area contributed by atoms with Gasteiger partial charge in [-0.3, -0.25) is 19.2 Å². The molecule has 1 saturated heterocycles. The van der Waals surface area contributed by atoms with Crippen molar-refractivity contribution in [2.75, 3.05) is 6.61 Å². The summed E-state index contributed by atoms with van der Waals surface area (Å²) < 4.78 is 30.0. The predicted molar refractivity (Wildman–Crippen MR) is 213 cm³/mol. The van der Waals surface area contributed by atoms with Crippen molar-refractivity contribution in [2.24, 2.45) is 16.7 Å². The molecule has 61 heavy (non-hydrogen) atoms. The highest BCUT2D eigenvalue weighted by atomic mass is 16.6. The number of esters is 4. The van der Waals surface area contributed by atoms with Crippen LogP contribution in [0.5, 0.6) is 0 Å². The number of amides is 1. The topological polar surface area (TPSA) is 221 Å². The number of nitrogens with one attached hydrogen (secondary N) is 1. The molecule has 3 aromatic carbocycles. The standard InChI is InChI=1S/C46H49NO14/c1-25(48)58-36-31-21-30(59-42(55)35(51)34(27-15-9-6-10-16-27)47-40(53)28-17-11-7-12-18-28)23-46(56,43(31,3)4)39(60-41(54)29-19-13-8-14-20-29)37-44(5,38(36)52)32(50)22-33-45(37,24-57-33)61-26(2)49/h6-21,30,32-37,39,50-51,56H,22-24H2,1-5H3,(H,47,53)/t30-,32+,33-,34+,35-,36-,37+,39+,44-,45+,46-/m1/s1. The van der Waals surface area contributed by atoms with E-state index in [4.69, 9.17) is 23.7 Å². The number of ketones is 1. The Morgan fingerprint density at radius 1 is 0.820 bits per heavy atom. The van der Waals surface area contributed by atoms with Crippen molar-refractivity contribution in [3.8, 4) is 0 Å². The van der Waals surface area contributed by atoms with Crippen LogP contribution in [0.4, 0.5) is 0 Å². The van der Waals surface area contributed by atoms with Crippen LogP contribution in [-0.4, -0.2) is 105 Å². The number of hydrogen-bond donors (Lipinski definition) is 4. The third kappa shape index (κ3) is 7.43. The summed E-state index contributed by atoms with van der Waals surface area (Å²) in [4.78, 5) is 82.9. The molecule has 0 unspecified atom stereocenters. The maximum absolute atomic E-state index is 15.3. The van der Waals surface area contributed by atoms with Crippen LogP contribution in [0.15, 0.2) is 103 Å². The molecular formula is C46H49NO14. The summed E-state index contributed by atoms with van der Waals surface area (Å²) in [6.07, 6.45) is -9.16. The predicted octanol–water partition coefficient (Wildman–Crippen LogP) is 3.35. The van der Waals surface area contributed by atoms with Gasteiger partial charge in [-0.05, 0) is 48.4 Å². The molecule has 0 spiro atoms. The zero-order chi connectivity index (χ0) is 44.1. The molecule has 11 atom stereocenters. The van der Waals surface area contributed by atoms with Crippen molar-refractivity contribution in [3.63, 3.8) is 0 Å². The van der Waals surface area contributed by atoms with Crippen molar-refractivity contribution in [3.05, 3.63) is 119 Å². The van der Waals surface area contributed by atoms with Crippen molar-refractivity contribution in [1.29, 1.82) is 0 Å². The number of ether oxygens (including phenoxy) is 5. The third-order valence-corrected chi connectivity index (χ3v) is 13.0. The normalized spacial score (nSPS) is 32.0. The lowest BCUT2D eigenvalue weighted by molar-refractivity contribution is -0.345. The van der Waals surface area contributed by atoms with Crippen molar-refractivity contribution >= 4 is 35.6 Å². The van der Waals surface area contributed by atoms with E-state index in [-0.39, 0.29) is 29.7 Å². The second kappa shape index (κ2) is 16.3. The molecule has 7 rings (SSSR count). The van der Waals surface area contributed by atoms with Crippen LogP contribution in [0.25, 0.3) is 0 Å². The van der Waals surface area contributed by atoms with Crippen LogP contribution in [0.2, 0.25) is 0 Å². The van der Waals surface area contributed by atoms with Gasteiger partial charge in [-0.15, -0.1) is 0 Å². The summed E-state index contributed by atoms with van der Waals surface area (Å²) in [6, 6.07) is 22.9. The molecule has 0 aromatic heterocycles. The Morgan fingerprint density at radius 3 is 1.97 bits per heavy atom. The van der Waals surface area contributed by atoms with Gasteiger partial charge in [0, 0.05) is 37.7 Å². The van der Waals surface area contributed by atoms with Crippen LogP contribution in [0.3, 0.4) is 0 Å². The van der Waals surface area contributed by atoms with Crippen LogP contribution < -0.4 is 5.32 Å². The van der Waals surface area contributed by atoms with E-state index in [1.54, 1.807) is 92.7 Å². The number of aliphatic hydroxyl groups excluding tert-OH is 2. The van der Waals surface area contributed by atoms with Crippen LogP contribution in [0.1, 0.15) is 79.8 Å². The molecule has 3 fully saturated rings. The Hall–Kier alpha value is -5.74. The van der Waals surface area contributed by atoms with E-state index in [0.29, 0.717) is 5.56 Å². The number of rotatable bonds is 10. The zero-order valence-electron chi connectivity index (χ0n) is 34.3. The van der Waals surface area contributed by atoms with E-state index < -0.39 is 113 Å². The minimum absolute atomic E-state index is 0.0492. The number of Topliss-reactive ketones (excluding diaryl/α,β-unsaturated/α-hetero) is 1. The first-order valence-electron chi connectivity index (χ1n) is 20.1. The summed E-state index contributed by atoms with van der Waals surface area (Å²) in [7, 11) is 0. The fourth-order valence-corrected chi connectivity index (χ4v) is 9.72. The van der Waals surface area contributed by atoms with Crippen molar-refractivity contribution in [2.45, 2.75) is 101 Å². The Morgan fingerprint density at radius 2 is 1.41 bits per heavy atom. The van der Waals surface area contributed by atoms with E-state index in [0.717, 1.165) is 13.8 Å². The molecule has 3 aliphatic carbocycles. The van der Waals surface area contributed by atoms with E-state index in [1.165, 1.54) is 25.1 Å². The number of hydrogen-bond acceptors (Lipinski definition) is 14. The molecule has 1 aliphatic heterocycles. The van der Waals surface area contributed by atoms with E-state index in [1.807, 2.05) is 0 Å². The number of fused-ring (bicyclic) bond motifs is 5. The van der Waals surface area contributed by atoms with Gasteiger partial charge >= 0.3 is 23.9 Å². The Bertz CT molecular complexity index is 2230. The molecular weight excluding hydrogens is 790 g/mol. The second-order valence-electron chi connectivity index (χ2n) is 16.9. The molecule has 4 N–H and O–H groups in total. The zero-order valence-corrected chi connectivity index (χ0v) is 34.3. The lowest BCUT2D eigenvalue weighted by Gasteiger charge is -2.67. The highest BCUT2D eigenvalue weighted by Crippen LogP contribution is 2.63. The maximum atomic E-state index is 15.3. The molecule has 3 aromatic rings. The largest absolute Gasteiger partial charge is 0.456 e. The monoisotopic (exact) mass is 839 g/mol. The van der Waals surface area contributed by atoms with E-state index >= 15 is 4.79 Å². The van der Waals surface area contributed by atoms with E-state index in [2.05, 4.69) is 5.32 Å². The van der Waals surface area contributed by atoms with Crippen molar-refractivity contribution in [1.82, 2.24) is 5.32 Å². The smallest absolute Gasteiger partial charge is 0.338 e. The van der Waals surface area contributed by atoms with Crippen LogP contribution >= 0.6 is 0 Å². The van der Waals surface area contributed by atoms with Gasteiger partial charge in [0.25, 0.3) is 5.91 Å². The van der Waals surface area contributed by atoms with Crippen LogP contribution in [0, 0.1) is 16.7 Å². The molecule has 1 amide bonds. The third-order valence-electron chi connectivity index (χ3n) is 13.0. The lowest BCUT2D eigenvalue weighted by atomic mass is 9.45. The number of benzene rings is 3. The summed E-state index contributed by atoms with van der Waals surface area (Å²) >= 11 is 0. The van der Waals surface area contributed by atoms with Crippen LogP contribution in [-0.2, 0) is 42.9 Å². The summed E-state index contributed by atoms with van der Waals surface area (Å²) in [6.45, 7) is 6.39. The fourth-order valence-electron chi connectivity index (χ4n) is 9.72. The summed E-state index contributed by atoms with van der Waals surface area (Å²) in [5.41, 5.74) is -7.21. The second-order valence-corrected chi connectivity index (χ2v) is 16.9. The molecule has 0 radical (unpaired) electrons. The van der Waals surface area contributed by atoms with Gasteiger partial charge in [-0.25, -0.2) is 9.59 Å². The molecule has 2 bridgehead atoms. The number of aliphatic hydroxyl groups is 3. The number of carbonyl (C=O) groups excluding carboxylic acids is 6. The quantitative estimate of drug-likeness (QED) is 0.131. The van der Waals surface area contributed by atoms with Gasteiger partial charge in [0.15, 0.2) is 23.6 Å². The maximum Gasteiger partial charge on any atom is 0.338 e. The highest BCUT2D eigenvalue weighted by Gasteiger charge is 2.78. The van der Waals surface area contributed by atoms with Gasteiger partial charge in [0.05, 0.1) is 35.6 Å². The molecule has 322 valence electrons. The Kier molecular flexibility index (Phi) is 11.6. The summed E-state index contributed by atoms with van der Waals surface area (Å²) in [5.74, 6) is -6.86. The first kappa shape index (κ1) is 43.4. The van der Waals surface area contributed by atoms with Gasteiger partial charge in [-0.1, -0.05) is 80.6 Å². The first-order valence-corrected chi connectivity index (χ1v) is 20.1. The minimum atomic E-state index is -2.38. The van der Waals surface area contributed by atoms with Gasteiger partial charge in [-0.2, -0.15) is 0 Å². The fraction of sp³-hybridized carbons (Fsp3) is 0.435. The molecule has 4 aliphatic rings. The average molecular weight is 840 g/mol. The Labute approximate surface area is 352 Å². The Balaban J connectivity index is 1.36. The minimum Gasteiger partial charge on any atom is -0.456 e. The lowest BCUT2D eigenvalue weighted by Crippen LogP contribution is -2.81. The molecule has 2 saturated carbocycles. The molecule has 1 heterocycles. The highest BCUT2D eigenvalue weighted by molar-refractivity contribution is 5.96. The SMILES string of the molecule is CC(=O)O[C@H]1C(=O)[C@@]2(C)[C@H]([C@H](OC(=O)c3ccccc3)[C@]3(O)C[C@H](OC(=O)[C@H](O)[C@@H](NC(=O)c4ccccc4)c4ccccc4)C=C1C3(C)C)[C@]1(OC(C)=O)CO[C@@H]1C[C@@H]2O. The van der Waals surface area contributed by atoms with Gasteiger partial charge in [0.2, 0.25) is 0 Å².